The molecule has 0 aliphatic heterocycles. The second kappa shape index (κ2) is 7.63. The molecule has 5 rings (SSSR count). The molecule has 3 heterocycles. The summed E-state index contributed by atoms with van der Waals surface area (Å²) in [6, 6.07) is 13.1. The van der Waals surface area contributed by atoms with E-state index >= 15 is 0 Å². The lowest BCUT2D eigenvalue weighted by molar-refractivity contribution is -0.137. The van der Waals surface area contributed by atoms with Crippen LogP contribution in [0.4, 0.5) is 5.69 Å². The molecule has 166 valence electrons. The van der Waals surface area contributed by atoms with Gasteiger partial charge in [0.15, 0.2) is 0 Å². The largest absolute Gasteiger partial charge is 0.480 e. The molecular formula is C24H22N6O3. The van der Waals surface area contributed by atoms with Crippen molar-refractivity contribution in [3.05, 3.63) is 71.5 Å². The van der Waals surface area contributed by atoms with Crippen molar-refractivity contribution in [2.45, 2.75) is 6.54 Å². The van der Waals surface area contributed by atoms with Crippen LogP contribution in [0.25, 0.3) is 38.8 Å². The van der Waals surface area contributed by atoms with Crippen LogP contribution in [0.3, 0.4) is 0 Å². The molecule has 0 saturated heterocycles. The summed E-state index contributed by atoms with van der Waals surface area (Å²) in [6.07, 6.45) is 5.39. The molecule has 3 aromatic heterocycles. The predicted molar refractivity (Wildman–Crippen MR) is 127 cm³/mol. The Kier molecular flexibility index (Phi) is 4.74. The van der Waals surface area contributed by atoms with E-state index in [0.717, 1.165) is 27.7 Å². The molecule has 33 heavy (non-hydrogen) atoms. The average Bonchev–Trinajstić information content (AvgIpc) is 3.31. The Morgan fingerprint density at radius 1 is 1.03 bits per heavy atom. The van der Waals surface area contributed by atoms with Gasteiger partial charge in [0.25, 0.3) is 0 Å². The molecule has 0 saturated carbocycles. The van der Waals surface area contributed by atoms with E-state index in [4.69, 9.17) is 0 Å². The number of carboxylic acids is 1. The van der Waals surface area contributed by atoms with Crippen molar-refractivity contribution in [3.63, 3.8) is 0 Å². The number of rotatable bonds is 5. The van der Waals surface area contributed by atoms with Crippen molar-refractivity contribution in [2.24, 2.45) is 7.05 Å². The second-order valence-corrected chi connectivity index (χ2v) is 8.07. The van der Waals surface area contributed by atoms with Crippen LogP contribution in [0.15, 0.2) is 65.8 Å². The Morgan fingerprint density at radius 2 is 1.79 bits per heavy atom. The summed E-state index contributed by atoms with van der Waals surface area (Å²) in [5.74, 6) is -1.07. The van der Waals surface area contributed by atoms with E-state index in [9.17, 15) is 14.7 Å². The van der Waals surface area contributed by atoms with Gasteiger partial charge in [0, 0.05) is 38.3 Å². The summed E-state index contributed by atoms with van der Waals surface area (Å²) in [7, 11) is 5.66. The highest BCUT2D eigenvalue weighted by Crippen LogP contribution is 2.30. The summed E-state index contributed by atoms with van der Waals surface area (Å²) >= 11 is 0. The number of nitrogens with zero attached hydrogens (tertiary/aromatic N) is 6. The van der Waals surface area contributed by atoms with E-state index in [2.05, 4.69) is 10.1 Å². The quantitative estimate of drug-likeness (QED) is 0.449. The average molecular weight is 442 g/mol. The molecule has 0 fully saturated rings. The highest BCUT2D eigenvalue weighted by molar-refractivity contribution is 5.94. The number of imidazole rings is 1. The SMILES string of the molecule is CN(C)c1cccc2c1n(-c1ccc(-c3cncc4c3cnn4C)cc1)c(=O)n2CC(=O)O. The molecule has 0 bridgehead atoms. The number of aryl methyl sites for hydroxylation is 1. The van der Waals surface area contributed by atoms with Crippen LogP contribution >= 0.6 is 0 Å². The minimum absolute atomic E-state index is 0.398. The topological polar surface area (TPSA) is 98.2 Å². The Hall–Kier alpha value is -4.40. The van der Waals surface area contributed by atoms with Gasteiger partial charge in [-0.05, 0) is 29.8 Å². The van der Waals surface area contributed by atoms with Gasteiger partial charge in [0.2, 0.25) is 0 Å². The number of fused-ring (bicyclic) bond motifs is 2. The van der Waals surface area contributed by atoms with E-state index in [-0.39, 0.29) is 0 Å². The summed E-state index contributed by atoms with van der Waals surface area (Å²) < 4.78 is 4.64. The first-order valence-corrected chi connectivity index (χ1v) is 10.4. The maximum Gasteiger partial charge on any atom is 0.334 e. The highest BCUT2D eigenvalue weighted by Gasteiger charge is 2.20. The van der Waals surface area contributed by atoms with Gasteiger partial charge in [-0.15, -0.1) is 0 Å². The van der Waals surface area contributed by atoms with Crippen LogP contribution in [0.1, 0.15) is 0 Å². The van der Waals surface area contributed by atoms with Crippen molar-refractivity contribution in [3.8, 4) is 16.8 Å². The zero-order valence-corrected chi connectivity index (χ0v) is 18.4. The maximum absolute atomic E-state index is 13.4. The lowest BCUT2D eigenvalue weighted by atomic mass is 10.0. The molecule has 9 heteroatoms. The van der Waals surface area contributed by atoms with Gasteiger partial charge in [-0.2, -0.15) is 5.10 Å². The smallest absolute Gasteiger partial charge is 0.334 e. The lowest BCUT2D eigenvalue weighted by Crippen LogP contribution is -2.26. The number of carbonyl (C=O) groups is 1. The van der Waals surface area contributed by atoms with Gasteiger partial charge in [0.05, 0.1) is 40.3 Å². The van der Waals surface area contributed by atoms with Crippen LogP contribution in [-0.2, 0) is 18.4 Å². The summed E-state index contributed by atoms with van der Waals surface area (Å²) in [6.45, 7) is -0.411. The molecule has 0 atom stereocenters. The zero-order valence-electron chi connectivity index (χ0n) is 18.4. The molecule has 2 aromatic carbocycles. The Morgan fingerprint density at radius 3 is 2.48 bits per heavy atom. The van der Waals surface area contributed by atoms with Crippen LogP contribution in [0.5, 0.6) is 0 Å². The van der Waals surface area contributed by atoms with Crippen LogP contribution in [-0.4, -0.2) is 49.1 Å². The number of pyridine rings is 1. The first-order valence-electron chi connectivity index (χ1n) is 10.4. The zero-order chi connectivity index (χ0) is 23.3. The van der Waals surface area contributed by atoms with Crippen molar-refractivity contribution < 1.29 is 9.90 Å². The third-order valence-electron chi connectivity index (χ3n) is 5.82. The Balaban J connectivity index is 1.70. The van der Waals surface area contributed by atoms with Gasteiger partial charge in [-0.25, -0.2) is 4.79 Å². The number of aromatic nitrogens is 5. The molecule has 9 nitrogen and oxygen atoms in total. The first kappa shape index (κ1) is 20.5. The fourth-order valence-corrected chi connectivity index (χ4v) is 4.25. The standard InChI is InChI=1S/C24H22N6O3/c1-27(2)19-5-4-6-20-23(19)30(24(33)29(20)14-22(31)32)16-9-7-15(8-10-16)17-11-25-13-21-18(17)12-26-28(21)3/h4-13H,14H2,1-3H3,(H,31,32). The van der Waals surface area contributed by atoms with E-state index in [0.29, 0.717) is 16.7 Å². The highest BCUT2D eigenvalue weighted by atomic mass is 16.4. The Bertz CT molecular complexity index is 1570. The molecule has 0 radical (unpaired) electrons. The normalized spacial score (nSPS) is 11.4. The van der Waals surface area contributed by atoms with Crippen LogP contribution in [0, 0.1) is 0 Å². The molecule has 0 aliphatic carbocycles. The summed E-state index contributed by atoms with van der Waals surface area (Å²) in [5.41, 5.74) is 5.13. The number of hydrogen-bond donors (Lipinski definition) is 1. The van der Waals surface area contributed by atoms with Crippen molar-refractivity contribution in [2.75, 3.05) is 19.0 Å². The minimum Gasteiger partial charge on any atom is -0.480 e. The molecule has 1 N–H and O–H groups in total. The summed E-state index contributed by atoms with van der Waals surface area (Å²) in [4.78, 5) is 31.1. The van der Waals surface area contributed by atoms with Gasteiger partial charge in [-0.3, -0.25) is 23.6 Å². The van der Waals surface area contributed by atoms with Crippen molar-refractivity contribution in [1.29, 1.82) is 0 Å². The predicted octanol–water partition coefficient (Wildman–Crippen LogP) is 2.89. The van der Waals surface area contributed by atoms with Crippen LogP contribution in [0.2, 0.25) is 0 Å². The minimum atomic E-state index is -1.07. The fraction of sp³-hybridized carbons (Fsp3) is 0.167. The van der Waals surface area contributed by atoms with E-state index in [1.54, 1.807) is 27.7 Å². The first-order chi connectivity index (χ1) is 15.9. The second-order valence-electron chi connectivity index (χ2n) is 8.07. The lowest BCUT2D eigenvalue weighted by Gasteiger charge is -2.15. The molecule has 5 aromatic rings. The van der Waals surface area contributed by atoms with E-state index in [1.807, 2.05) is 68.6 Å². The monoisotopic (exact) mass is 442 g/mol. The van der Waals surface area contributed by atoms with Crippen LogP contribution < -0.4 is 10.6 Å². The fourth-order valence-electron chi connectivity index (χ4n) is 4.25. The number of aliphatic carboxylic acids is 1. The Labute approximate surface area is 188 Å². The third kappa shape index (κ3) is 3.25. The van der Waals surface area contributed by atoms with Crippen molar-refractivity contribution >= 4 is 33.6 Å². The van der Waals surface area contributed by atoms with Crippen molar-refractivity contribution in [1.82, 2.24) is 23.9 Å². The molecule has 0 aliphatic rings. The molecule has 0 spiro atoms. The van der Waals surface area contributed by atoms with Gasteiger partial charge in [-0.1, -0.05) is 18.2 Å². The van der Waals surface area contributed by atoms with Gasteiger partial charge >= 0.3 is 11.7 Å². The van der Waals surface area contributed by atoms with E-state index < -0.39 is 18.2 Å². The number of anilines is 1. The third-order valence-corrected chi connectivity index (χ3v) is 5.82. The van der Waals surface area contributed by atoms with Gasteiger partial charge in [0.1, 0.15) is 6.54 Å². The van der Waals surface area contributed by atoms with Gasteiger partial charge < -0.3 is 10.0 Å². The number of benzene rings is 2. The van der Waals surface area contributed by atoms with E-state index in [1.165, 1.54) is 4.57 Å². The number of carboxylic acid groups (broad SMARTS) is 1. The number of hydrogen-bond acceptors (Lipinski definition) is 5. The number of para-hydroxylation sites is 1. The maximum atomic E-state index is 13.4. The molecule has 0 amide bonds. The molecule has 0 unspecified atom stereocenters. The molecular weight excluding hydrogens is 420 g/mol. The summed E-state index contributed by atoms with van der Waals surface area (Å²) in [5, 5.41) is 14.7.